The minimum absolute atomic E-state index is 0.414. The Morgan fingerprint density at radius 3 is 2.61 bits per heavy atom. The summed E-state index contributed by atoms with van der Waals surface area (Å²) < 4.78 is 5.23. The number of benzene rings is 2. The van der Waals surface area contributed by atoms with E-state index in [2.05, 4.69) is 5.32 Å². The van der Waals surface area contributed by atoms with Crippen molar-refractivity contribution < 1.29 is 14.3 Å². The van der Waals surface area contributed by atoms with E-state index in [0.29, 0.717) is 23.5 Å². The van der Waals surface area contributed by atoms with Crippen LogP contribution in [0.3, 0.4) is 0 Å². The average molecular weight is 311 g/mol. The summed E-state index contributed by atoms with van der Waals surface area (Å²) in [5, 5.41) is 2.78. The van der Waals surface area contributed by atoms with Crippen molar-refractivity contribution in [1.29, 1.82) is 0 Å². The lowest BCUT2D eigenvalue weighted by molar-refractivity contribution is -0.119. The molecule has 118 valence electrons. The van der Waals surface area contributed by atoms with Crippen molar-refractivity contribution in [1.82, 2.24) is 0 Å². The van der Waals surface area contributed by atoms with Crippen molar-refractivity contribution in [3.63, 3.8) is 0 Å². The minimum atomic E-state index is -0.692. The maximum Gasteiger partial charge on any atom is 0.327 e. The van der Waals surface area contributed by atoms with Gasteiger partial charge in [-0.2, -0.15) is 0 Å². The van der Waals surface area contributed by atoms with Gasteiger partial charge in [-0.15, -0.1) is 0 Å². The van der Waals surface area contributed by atoms with Crippen LogP contribution in [0.2, 0.25) is 0 Å². The summed E-state index contributed by atoms with van der Waals surface area (Å²) in [5.74, 6) is 0.0142. The predicted molar refractivity (Wildman–Crippen MR) is 87.6 cm³/mol. The fraction of sp³-hybridized carbons (Fsp3) is 0.176. The number of amides is 3. The third-order valence-corrected chi connectivity index (χ3v) is 3.87. The molecule has 0 bridgehead atoms. The number of nitrogens with zero attached hydrogens (tertiary/aromatic N) is 1. The number of rotatable bonds is 3. The molecule has 23 heavy (non-hydrogen) atoms. The topological polar surface area (TPSA) is 84.7 Å². The second-order valence-electron chi connectivity index (χ2n) is 5.25. The first-order valence-corrected chi connectivity index (χ1v) is 7.22. The number of fused-ring (bicyclic) bond motifs is 1. The van der Waals surface area contributed by atoms with Gasteiger partial charge in [-0.25, -0.2) is 4.79 Å². The largest absolute Gasteiger partial charge is 0.495 e. The maximum absolute atomic E-state index is 12.7. The molecule has 3 N–H and O–H groups in total. The highest BCUT2D eigenvalue weighted by atomic mass is 16.5. The van der Waals surface area contributed by atoms with Crippen molar-refractivity contribution >= 4 is 23.3 Å². The number of hydrogen-bond donors (Lipinski definition) is 2. The van der Waals surface area contributed by atoms with Gasteiger partial charge in [0.25, 0.3) is 0 Å². The zero-order valence-electron chi connectivity index (χ0n) is 12.7. The van der Waals surface area contributed by atoms with Crippen LogP contribution in [0.15, 0.2) is 48.5 Å². The van der Waals surface area contributed by atoms with Crippen LogP contribution in [-0.4, -0.2) is 25.1 Å². The van der Waals surface area contributed by atoms with Gasteiger partial charge in [-0.05, 0) is 23.8 Å². The number of nitrogens with one attached hydrogen (secondary N) is 1. The summed E-state index contributed by atoms with van der Waals surface area (Å²) in [4.78, 5) is 25.9. The van der Waals surface area contributed by atoms with Gasteiger partial charge in [0.1, 0.15) is 11.8 Å². The van der Waals surface area contributed by atoms with E-state index in [-0.39, 0.29) is 0 Å². The predicted octanol–water partition coefficient (Wildman–Crippen LogP) is 2.14. The highest BCUT2D eigenvalue weighted by molar-refractivity contribution is 6.08. The lowest BCUT2D eigenvalue weighted by atomic mass is 10.1. The molecule has 0 aromatic heterocycles. The minimum Gasteiger partial charge on any atom is -0.495 e. The molecule has 0 aliphatic carbocycles. The third kappa shape index (κ3) is 2.70. The lowest BCUT2D eigenvalue weighted by Crippen LogP contribution is -2.47. The summed E-state index contributed by atoms with van der Waals surface area (Å²) in [7, 11) is 1.53. The molecule has 1 atom stereocenters. The number of anilines is 2. The van der Waals surface area contributed by atoms with Crippen molar-refractivity contribution in [2.75, 3.05) is 17.3 Å². The molecule has 3 rings (SSSR count). The summed E-state index contributed by atoms with van der Waals surface area (Å²) in [6, 6.07) is 13.4. The van der Waals surface area contributed by atoms with Gasteiger partial charge in [0.2, 0.25) is 5.91 Å². The number of hydrogen-bond acceptors (Lipinski definition) is 3. The first-order valence-electron chi connectivity index (χ1n) is 7.22. The Labute approximate surface area is 133 Å². The van der Waals surface area contributed by atoms with Gasteiger partial charge < -0.3 is 15.8 Å². The Kier molecular flexibility index (Phi) is 3.89. The van der Waals surface area contributed by atoms with Crippen LogP contribution < -0.4 is 20.7 Å². The SMILES string of the molecule is COc1ccccc1NC(=O)N1c2ccccc2CC1C(N)=O. The molecule has 0 radical (unpaired) electrons. The van der Waals surface area contributed by atoms with E-state index in [1.54, 1.807) is 24.3 Å². The van der Waals surface area contributed by atoms with Crippen molar-refractivity contribution in [2.45, 2.75) is 12.5 Å². The Hall–Kier alpha value is -3.02. The summed E-state index contributed by atoms with van der Waals surface area (Å²) in [6.45, 7) is 0. The monoisotopic (exact) mass is 311 g/mol. The molecule has 0 fully saturated rings. The molecular weight excluding hydrogens is 294 g/mol. The van der Waals surface area contributed by atoms with E-state index >= 15 is 0 Å². The zero-order valence-corrected chi connectivity index (χ0v) is 12.7. The van der Waals surface area contributed by atoms with Crippen LogP contribution >= 0.6 is 0 Å². The Morgan fingerprint density at radius 2 is 1.87 bits per heavy atom. The molecule has 6 heteroatoms. The third-order valence-electron chi connectivity index (χ3n) is 3.87. The van der Waals surface area contributed by atoms with Gasteiger partial charge in [-0.1, -0.05) is 30.3 Å². The van der Waals surface area contributed by atoms with Gasteiger partial charge in [0.05, 0.1) is 12.8 Å². The molecule has 0 saturated heterocycles. The fourth-order valence-corrected chi connectivity index (χ4v) is 2.79. The zero-order chi connectivity index (χ0) is 16.4. The Bertz CT molecular complexity index is 760. The molecule has 1 aliphatic heterocycles. The Balaban J connectivity index is 1.92. The van der Waals surface area contributed by atoms with Crippen LogP contribution in [0.5, 0.6) is 5.75 Å². The molecule has 2 aromatic rings. The quantitative estimate of drug-likeness (QED) is 0.911. The van der Waals surface area contributed by atoms with Gasteiger partial charge in [0.15, 0.2) is 0 Å². The van der Waals surface area contributed by atoms with E-state index < -0.39 is 18.0 Å². The maximum atomic E-state index is 12.7. The molecular formula is C17H17N3O3. The van der Waals surface area contributed by atoms with Gasteiger partial charge in [0, 0.05) is 12.1 Å². The highest BCUT2D eigenvalue weighted by Gasteiger charge is 2.37. The molecule has 3 amide bonds. The Morgan fingerprint density at radius 1 is 1.17 bits per heavy atom. The standard InChI is InChI=1S/C17H17N3O3/c1-23-15-9-5-3-7-12(15)19-17(22)20-13-8-4-2-6-11(13)10-14(20)16(18)21/h2-9,14H,10H2,1H3,(H2,18,21)(H,19,22). The van der Waals surface area contributed by atoms with Gasteiger partial charge >= 0.3 is 6.03 Å². The number of nitrogens with two attached hydrogens (primary N) is 1. The number of urea groups is 1. The molecule has 1 heterocycles. The summed E-state index contributed by atoms with van der Waals surface area (Å²) >= 11 is 0. The summed E-state index contributed by atoms with van der Waals surface area (Å²) in [5.41, 5.74) is 7.62. The van der Waals surface area contributed by atoms with Crippen LogP contribution in [0.4, 0.5) is 16.2 Å². The van der Waals surface area contributed by atoms with E-state index in [0.717, 1.165) is 5.56 Å². The van der Waals surface area contributed by atoms with Crippen LogP contribution in [-0.2, 0) is 11.2 Å². The number of carbonyl (C=O) groups is 2. The second-order valence-corrected chi connectivity index (χ2v) is 5.25. The van der Waals surface area contributed by atoms with E-state index in [1.807, 2.05) is 24.3 Å². The normalized spacial score (nSPS) is 15.9. The van der Waals surface area contributed by atoms with E-state index in [1.165, 1.54) is 12.0 Å². The smallest absolute Gasteiger partial charge is 0.327 e. The molecule has 6 nitrogen and oxygen atoms in total. The number of primary amides is 1. The number of carbonyl (C=O) groups excluding carboxylic acids is 2. The fourth-order valence-electron chi connectivity index (χ4n) is 2.79. The number of ether oxygens (including phenoxy) is 1. The molecule has 0 saturated carbocycles. The molecule has 1 aliphatic rings. The molecule has 2 aromatic carbocycles. The van der Waals surface area contributed by atoms with Crippen LogP contribution in [0.25, 0.3) is 0 Å². The van der Waals surface area contributed by atoms with Crippen molar-refractivity contribution in [3.8, 4) is 5.75 Å². The van der Waals surface area contributed by atoms with E-state index in [9.17, 15) is 9.59 Å². The van der Waals surface area contributed by atoms with Crippen molar-refractivity contribution in [2.24, 2.45) is 5.73 Å². The summed E-state index contributed by atoms with van der Waals surface area (Å²) in [6.07, 6.45) is 0.421. The molecule has 1 unspecified atom stereocenters. The lowest BCUT2D eigenvalue weighted by Gasteiger charge is -2.24. The van der Waals surface area contributed by atoms with Gasteiger partial charge in [-0.3, -0.25) is 9.69 Å². The molecule has 0 spiro atoms. The second kappa shape index (κ2) is 6.00. The highest BCUT2D eigenvalue weighted by Crippen LogP contribution is 2.33. The van der Waals surface area contributed by atoms with Crippen LogP contribution in [0.1, 0.15) is 5.56 Å². The average Bonchev–Trinajstić information content (AvgIpc) is 2.95. The van der Waals surface area contributed by atoms with E-state index in [4.69, 9.17) is 10.5 Å². The number of methoxy groups -OCH3 is 1. The number of para-hydroxylation sites is 3. The van der Waals surface area contributed by atoms with Crippen molar-refractivity contribution in [3.05, 3.63) is 54.1 Å². The first-order chi connectivity index (χ1) is 11.1. The van der Waals surface area contributed by atoms with Crippen LogP contribution in [0, 0.1) is 0 Å². The first kappa shape index (κ1) is 14.9.